The van der Waals surface area contributed by atoms with Crippen LogP contribution in [0.25, 0.3) is 0 Å². The first-order valence-corrected chi connectivity index (χ1v) is 16.2. The smallest absolute Gasteiger partial charge is 0.243 e. The third kappa shape index (κ3) is 12.4. The SMILES string of the molecule is C#CC[C@H](NC(=O)C(CC(=O)N(C)CCN(CC)CC)Cc1ccccc1)C(=O)NC(CC1CCCCC1)[C@@H](O)C(O)C=C. The van der Waals surface area contributed by atoms with Crippen LogP contribution in [0.3, 0.4) is 0 Å². The number of benzene rings is 1. The van der Waals surface area contributed by atoms with Crippen molar-refractivity contribution in [1.82, 2.24) is 20.4 Å². The molecule has 0 bridgehead atoms. The zero-order valence-corrected chi connectivity index (χ0v) is 26.9. The molecule has 0 aliphatic heterocycles. The minimum Gasteiger partial charge on any atom is -0.388 e. The summed E-state index contributed by atoms with van der Waals surface area (Å²) in [4.78, 5) is 44.4. The van der Waals surface area contributed by atoms with Gasteiger partial charge in [-0.15, -0.1) is 18.9 Å². The van der Waals surface area contributed by atoms with E-state index in [4.69, 9.17) is 6.42 Å². The maximum absolute atomic E-state index is 13.7. The third-order valence-electron chi connectivity index (χ3n) is 8.79. The second-order valence-electron chi connectivity index (χ2n) is 12.0. The van der Waals surface area contributed by atoms with Crippen molar-refractivity contribution in [3.63, 3.8) is 0 Å². The number of nitrogens with zero attached hydrogens (tertiary/aromatic N) is 2. The summed E-state index contributed by atoms with van der Waals surface area (Å²) >= 11 is 0. The van der Waals surface area contributed by atoms with E-state index in [2.05, 4.69) is 41.9 Å². The van der Waals surface area contributed by atoms with Gasteiger partial charge in [0, 0.05) is 33.0 Å². The van der Waals surface area contributed by atoms with E-state index in [0.717, 1.165) is 50.9 Å². The molecule has 1 aliphatic rings. The van der Waals surface area contributed by atoms with Gasteiger partial charge in [-0.25, -0.2) is 0 Å². The van der Waals surface area contributed by atoms with Crippen LogP contribution in [0.15, 0.2) is 43.0 Å². The molecule has 1 saturated carbocycles. The predicted octanol–water partition coefficient (Wildman–Crippen LogP) is 2.91. The summed E-state index contributed by atoms with van der Waals surface area (Å²) in [7, 11) is 1.74. The van der Waals surface area contributed by atoms with Crippen LogP contribution in [0.4, 0.5) is 0 Å². The fourth-order valence-electron chi connectivity index (χ4n) is 5.82. The van der Waals surface area contributed by atoms with Gasteiger partial charge in [0.25, 0.3) is 0 Å². The monoisotopic (exact) mass is 610 g/mol. The van der Waals surface area contributed by atoms with Crippen LogP contribution >= 0.6 is 0 Å². The maximum Gasteiger partial charge on any atom is 0.243 e. The Bertz CT molecular complexity index is 1060. The standard InChI is InChI=1S/C35H54N4O5/c1-6-16-29(35(44)37-30(33(42)31(40)7-2)24-27-19-14-11-15-20-27)36-34(43)28(23-26-17-12-10-13-18-26)25-32(41)38(5)21-22-39(8-3)9-4/h1,7,10,12-13,17-18,27-31,33,40,42H,2,8-9,11,14-16,19-25H2,3-5H3,(H,36,43)(H,37,44)/t28?,29-,30?,31?,33+/m0/s1. The Labute approximate surface area is 264 Å². The number of hydrogen-bond donors (Lipinski definition) is 4. The number of carbonyl (C=O) groups excluding carboxylic acids is 3. The lowest BCUT2D eigenvalue weighted by Crippen LogP contribution is -2.55. The van der Waals surface area contributed by atoms with Crippen LogP contribution in [0.2, 0.25) is 0 Å². The number of amides is 3. The van der Waals surface area contributed by atoms with Crippen LogP contribution < -0.4 is 10.6 Å². The van der Waals surface area contributed by atoms with Gasteiger partial charge in [-0.05, 0) is 37.4 Å². The molecular formula is C35H54N4O5. The van der Waals surface area contributed by atoms with Crippen LogP contribution in [0.1, 0.15) is 70.8 Å². The normalized spacial score (nSPS) is 17.0. The van der Waals surface area contributed by atoms with Crippen molar-refractivity contribution in [2.75, 3.05) is 33.2 Å². The first-order chi connectivity index (χ1) is 21.1. The molecule has 3 amide bonds. The molecule has 5 atom stereocenters. The fraction of sp³-hybridized carbons (Fsp3) is 0.629. The minimum absolute atomic E-state index is 0.0194. The number of aliphatic hydroxyl groups excluding tert-OH is 2. The minimum atomic E-state index is -1.25. The van der Waals surface area contributed by atoms with Crippen molar-refractivity contribution in [3.8, 4) is 12.3 Å². The van der Waals surface area contributed by atoms with E-state index in [-0.39, 0.29) is 18.7 Å². The summed E-state index contributed by atoms with van der Waals surface area (Å²) in [6.45, 7) is 10.8. The second kappa shape index (κ2) is 20.0. The molecule has 0 radical (unpaired) electrons. The van der Waals surface area contributed by atoms with E-state index < -0.39 is 42.0 Å². The topological polar surface area (TPSA) is 122 Å². The van der Waals surface area contributed by atoms with Gasteiger partial charge >= 0.3 is 0 Å². The van der Waals surface area contributed by atoms with E-state index in [1.54, 1.807) is 11.9 Å². The molecule has 0 heterocycles. The molecule has 3 unspecified atom stereocenters. The van der Waals surface area contributed by atoms with Crippen LogP contribution in [-0.4, -0.2) is 95.3 Å². The second-order valence-corrected chi connectivity index (χ2v) is 12.0. The number of likely N-dealkylation sites (N-methyl/N-ethyl adjacent to an activating group) is 2. The van der Waals surface area contributed by atoms with E-state index >= 15 is 0 Å². The lowest BCUT2D eigenvalue weighted by atomic mass is 9.83. The van der Waals surface area contributed by atoms with Crippen molar-refractivity contribution in [2.45, 2.75) is 95.9 Å². The third-order valence-corrected chi connectivity index (χ3v) is 8.79. The molecular weight excluding hydrogens is 556 g/mol. The van der Waals surface area contributed by atoms with E-state index in [0.29, 0.717) is 25.3 Å². The number of hydrogen-bond acceptors (Lipinski definition) is 6. The summed E-state index contributed by atoms with van der Waals surface area (Å²) < 4.78 is 0. The fourth-order valence-corrected chi connectivity index (χ4v) is 5.82. The Balaban J connectivity index is 2.19. The van der Waals surface area contributed by atoms with Crippen molar-refractivity contribution in [3.05, 3.63) is 48.6 Å². The molecule has 2 rings (SSSR count). The highest BCUT2D eigenvalue weighted by Crippen LogP contribution is 2.28. The average molecular weight is 611 g/mol. The average Bonchev–Trinajstić information content (AvgIpc) is 3.04. The zero-order chi connectivity index (χ0) is 32.5. The number of rotatable bonds is 19. The largest absolute Gasteiger partial charge is 0.388 e. The Morgan fingerprint density at radius 1 is 1.05 bits per heavy atom. The number of aliphatic hydroxyl groups is 2. The molecule has 1 aromatic carbocycles. The van der Waals surface area contributed by atoms with Gasteiger partial charge in [0.1, 0.15) is 12.1 Å². The lowest BCUT2D eigenvalue weighted by Gasteiger charge is -2.32. The number of nitrogens with one attached hydrogen (secondary N) is 2. The van der Waals surface area contributed by atoms with Gasteiger partial charge in [0.15, 0.2) is 0 Å². The van der Waals surface area contributed by atoms with Crippen LogP contribution in [0.5, 0.6) is 0 Å². The molecule has 44 heavy (non-hydrogen) atoms. The summed E-state index contributed by atoms with van der Waals surface area (Å²) in [6, 6.07) is 7.66. The van der Waals surface area contributed by atoms with E-state index in [1.807, 2.05) is 30.3 Å². The highest BCUT2D eigenvalue weighted by atomic mass is 16.3. The van der Waals surface area contributed by atoms with Gasteiger partial charge in [-0.2, -0.15) is 0 Å². The van der Waals surface area contributed by atoms with Crippen molar-refractivity contribution < 1.29 is 24.6 Å². The van der Waals surface area contributed by atoms with Gasteiger partial charge in [0.2, 0.25) is 17.7 Å². The van der Waals surface area contributed by atoms with Crippen LogP contribution in [0, 0.1) is 24.2 Å². The number of carbonyl (C=O) groups is 3. The van der Waals surface area contributed by atoms with Crippen molar-refractivity contribution >= 4 is 17.7 Å². The lowest BCUT2D eigenvalue weighted by molar-refractivity contribution is -0.136. The molecule has 9 nitrogen and oxygen atoms in total. The molecule has 0 spiro atoms. The molecule has 9 heteroatoms. The Hall–Kier alpha value is -3.19. The highest BCUT2D eigenvalue weighted by molar-refractivity contribution is 5.91. The van der Waals surface area contributed by atoms with E-state index in [1.165, 1.54) is 12.5 Å². The first-order valence-electron chi connectivity index (χ1n) is 16.2. The maximum atomic E-state index is 13.7. The number of terminal acetylenes is 1. The van der Waals surface area contributed by atoms with Crippen LogP contribution in [-0.2, 0) is 20.8 Å². The van der Waals surface area contributed by atoms with Crippen molar-refractivity contribution in [1.29, 1.82) is 0 Å². The summed E-state index contributed by atoms with van der Waals surface area (Å²) in [6.07, 6.45) is 10.4. The van der Waals surface area contributed by atoms with Gasteiger partial charge in [0.05, 0.1) is 18.1 Å². The Morgan fingerprint density at radius 3 is 2.30 bits per heavy atom. The Morgan fingerprint density at radius 2 is 1.70 bits per heavy atom. The molecule has 1 fully saturated rings. The summed E-state index contributed by atoms with van der Waals surface area (Å²) in [5, 5.41) is 26.8. The molecule has 0 saturated heterocycles. The van der Waals surface area contributed by atoms with Gasteiger partial charge in [-0.3, -0.25) is 14.4 Å². The highest BCUT2D eigenvalue weighted by Gasteiger charge is 2.33. The molecule has 4 N–H and O–H groups in total. The molecule has 244 valence electrons. The van der Waals surface area contributed by atoms with E-state index in [9.17, 15) is 24.6 Å². The Kier molecular flexibility index (Phi) is 16.8. The van der Waals surface area contributed by atoms with Gasteiger partial charge in [-0.1, -0.05) is 82.4 Å². The molecule has 1 aromatic rings. The summed E-state index contributed by atoms with van der Waals surface area (Å²) in [5.74, 6) is 0.933. The quantitative estimate of drug-likeness (QED) is 0.141. The summed E-state index contributed by atoms with van der Waals surface area (Å²) in [5.41, 5.74) is 0.901. The predicted molar refractivity (Wildman–Crippen MR) is 174 cm³/mol. The molecule has 0 aromatic heterocycles. The first kappa shape index (κ1) is 37.0. The molecule has 1 aliphatic carbocycles. The van der Waals surface area contributed by atoms with Gasteiger partial charge < -0.3 is 30.6 Å². The zero-order valence-electron chi connectivity index (χ0n) is 26.9. The van der Waals surface area contributed by atoms with Crippen molar-refractivity contribution in [2.24, 2.45) is 11.8 Å².